The number of phenols is 1. The SMILES string of the molecule is CN1CC=C(C2(S(N)(=O)=O)c3ccc(O)cc3CCc3cccnc32)CC1.CO. The van der Waals surface area contributed by atoms with Crippen molar-refractivity contribution in [1.29, 1.82) is 0 Å². The number of likely N-dealkylation sites (N-methyl/N-ethyl adjacent to an activating group) is 1. The predicted octanol–water partition coefficient (Wildman–Crippen LogP) is 1.29. The highest BCUT2D eigenvalue weighted by Crippen LogP contribution is 2.48. The zero-order valence-electron chi connectivity index (χ0n) is 16.7. The van der Waals surface area contributed by atoms with E-state index in [1.807, 2.05) is 25.3 Å². The van der Waals surface area contributed by atoms with Gasteiger partial charge in [0.15, 0.2) is 4.75 Å². The molecule has 0 radical (unpaired) electrons. The molecule has 2 aromatic rings. The Morgan fingerprint density at radius 1 is 1.14 bits per heavy atom. The lowest BCUT2D eigenvalue weighted by atomic mass is 9.81. The predicted molar refractivity (Wildman–Crippen MR) is 112 cm³/mol. The van der Waals surface area contributed by atoms with Crippen molar-refractivity contribution in [2.75, 3.05) is 27.2 Å². The first-order valence-corrected chi connectivity index (χ1v) is 11.0. The molecule has 2 heterocycles. The van der Waals surface area contributed by atoms with Gasteiger partial charge in [-0.1, -0.05) is 18.2 Å². The largest absolute Gasteiger partial charge is 0.508 e. The van der Waals surface area contributed by atoms with Crippen LogP contribution in [0.4, 0.5) is 0 Å². The topological polar surface area (TPSA) is 117 Å². The number of primary sulfonamides is 1. The molecule has 2 aliphatic rings. The normalized spacial score (nSPS) is 21.7. The second-order valence-electron chi connectivity index (χ2n) is 7.32. The Morgan fingerprint density at radius 2 is 1.86 bits per heavy atom. The Bertz CT molecular complexity index is 1040. The van der Waals surface area contributed by atoms with E-state index in [-0.39, 0.29) is 5.75 Å². The summed E-state index contributed by atoms with van der Waals surface area (Å²) in [6.07, 6.45) is 5.44. The number of benzene rings is 1. The van der Waals surface area contributed by atoms with Crippen molar-refractivity contribution in [2.45, 2.75) is 24.0 Å². The summed E-state index contributed by atoms with van der Waals surface area (Å²) in [5.74, 6) is 0.119. The first-order chi connectivity index (χ1) is 13.8. The van der Waals surface area contributed by atoms with Crippen LogP contribution in [0.15, 0.2) is 48.2 Å². The molecule has 1 aromatic carbocycles. The van der Waals surface area contributed by atoms with E-state index >= 15 is 0 Å². The average molecular weight is 418 g/mol. The lowest BCUT2D eigenvalue weighted by molar-refractivity contribution is 0.352. The lowest BCUT2D eigenvalue weighted by Crippen LogP contribution is -2.47. The zero-order chi connectivity index (χ0) is 21.2. The number of rotatable bonds is 2. The molecule has 0 saturated heterocycles. The Labute approximate surface area is 171 Å². The highest BCUT2D eigenvalue weighted by atomic mass is 32.2. The van der Waals surface area contributed by atoms with E-state index in [0.29, 0.717) is 37.1 Å². The van der Waals surface area contributed by atoms with E-state index in [1.165, 1.54) is 6.07 Å². The maximum Gasteiger partial charge on any atom is 0.228 e. The van der Waals surface area contributed by atoms with Crippen LogP contribution in [-0.2, 0) is 27.6 Å². The molecule has 0 saturated carbocycles. The minimum Gasteiger partial charge on any atom is -0.508 e. The Kier molecular flexibility index (Phi) is 6.09. The van der Waals surface area contributed by atoms with Crippen LogP contribution in [0.3, 0.4) is 0 Å². The van der Waals surface area contributed by atoms with Gasteiger partial charge < -0.3 is 15.1 Å². The van der Waals surface area contributed by atoms with Crippen molar-refractivity contribution in [3.05, 3.63) is 70.6 Å². The molecule has 0 amide bonds. The van der Waals surface area contributed by atoms with Crippen LogP contribution in [-0.4, -0.2) is 55.8 Å². The van der Waals surface area contributed by atoms with E-state index in [1.54, 1.807) is 18.3 Å². The third kappa shape index (κ3) is 3.57. The fraction of sp³-hybridized carbons (Fsp3) is 0.381. The Balaban J connectivity index is 0.00000117. The molecular weight excluding hydrogens is 390 g/mol. The summed E-state index contributed by atoms with van der Waals surface area (Å²) in [6, 6.07) is 8.61. The summed E-state index contributed by atoms with van der Waals surface area (Å²) >= 11 is 0. The molecule has 1 aliphatic carbocycles. The molecule has 7 nitrogen and oxygen atoms in total. The molecule has 4 N–H and O–H groups in total. The molecule has 1 unspecified atom stereocenters. The number of nitrogens with zero attached hydrogens (tertiary/aromatic N) is 2. The summed E-state index contributed by atoms with van der Waals surface area (Å²) in [5, 5.41) is 23.0. The first-order valence-electron chi connectivity index (χ1n) is 9.46. The van der Waals surface area contributed by atoms with Crippen LogP contribution >= 0.6 is 0 Å². The number of fused-ring (bicyclic) bond motifs is 2. The van der Waals surface area contributed by atoms with Crippen LogP contribution in [0.25, 0.3) is 0 Å². The number of aryl methyl sites for hydroxylation is 2. The monoisotopic (exact) mass is 417 g/mol. The fourth-order valence-corrected chi connectivity index (χ4v) is 5.88. The number of aromatic hydroxyl groups is 1. The van der Waals surface area contributed by atoms with E-state index in [0.717, 1.165) is 30.4 Å². The quantitative estimate of drug-likeness (QED) is 0.634. The van der Waals surface area contributed by atoms with Gasteiger partial charge >= 0.3 is 0 Å². The van der Waals surface area contributed by atoms with Gasteiger partial charge in [-0.2, -0.15) is 0 Å². The van der Waals surface area contributed by atoms with Crippen molar-refractivity contribution < 1.29 is 18.6 Å². The third-order valence-corrected chi connectivity index (χ3v) is 7.18. The Hall–Kier alpha value is -2.26. The van der Waals surface area contributed by atoms with Crippen molar-refractivity contribution in [3.63, 3.8) is 0 Å². The van der Waals surface area contributed by atoms with Gasteiger partial charge in [-0.05, 0) is 66.8 Å². The number of nitrogens with two attached hydrogens (primary N) is 1. The van der Waals surface area contributed by atoms with Crippen molar-refractivity contribution in [1.82, 2.24) is 9.88 Å². The van der Waals surface area contributed by atoms with Gasteiger partial charge in [0.1, 0.15) is 5.75 Å². The number of aliphatic hydroxyl groups excluding tert-OH is 1. The van der Waals surface area contributed by atoms with Gasteiger partial charge in [0.2, 0.25) is 10.0 Å². The third-order valence-electron chi connectivity index (χ3n) is 5.65. The minimum atomic E-state index is -4.10. The molecule has 1 aromatic heterocycles. The molecule has 29 heavy (non-hydrogen) atoms. The lowest BCUT2D eigenvalue weighted by Gasteiger charge is -2.38. The van der Waals surface area contributed by atoms with Gasteiger partial charge in [0.05, 0.1) is 5.69 Å². The number of aromatic nitrogens is 1. The molecule has 8 heteroatoms. The van der Waals surface area contributed by atoms with E-state index in [2.05, 4.69) is 9.88 Å². The molecule has 4 rings (SSSR count). The summed E-state index contributed by atoms with van der Waals surface area (Å²) in [6.45, 7) is 1.40. The van der Waals surface area contributed by atoms with Crippen LogP contribution in [0, 0.1) is 0 Å². The molecule has 0 fully saturated rings. The number of phenolic OH excluding ortho intramolecular Hbond substituents is 1. The van der Waals surface area contributed by atoms with Crippen LogP contribution in [0.5, 0.6) is 5.75 Å². The second-order valence-corrected chi connectivity index (χ2v) is 9.02. The van der Waals surface area contributed by atoms with Crippen molar-refractivity contribution in [3.8, 4) is 5.75 Å². The molecular formula is C21H27N3O4S. The Morgan fingerprint density at radius 3 is 2.52 bits per heavy atom. The smallest absolute Gasteiger partial charge is 0.228 e. The number of pyridine rings is 1. The second kappa shape index (κ2) is 8.23. The van der Waals surface area contributed by atoms with Gasteiger partial charge in [-0.15, -0.1) is 0 Å². The van der Waals surface area contributed by atoms with E-state index in [4.69, 9.17) is 10.2 Å². The van der Waals surface area contributed by atoms with Crippen LogP contribution in [0.1, 0.15) is 28.8 Å². The first kappa shape index (κ1) is 21.4. The molecule has 156 valence electrons. The van der Waals surface area contributed by atoms with Gasteiger partial charge in [0.25, 0.3) is 0 Å². The minimum absolute atomic E-state index is 0.119. The number of hydrogen-bond acceptors (Lipinski definition) is 6. The summed E-state index contributed by atoms with van der Waals surface area (Å²) in [7, 11) is -1.10. The van der Waals surface area contributed by atoms with Gasteiger partial charge in [-0.3, -0.25) is 4.98 Å². The van der Waals surface area contributed by atoms with Gasteiger partial charge in [0, 0.05) is 26.4 Å². The zero-order valence-corrected chi connectivity index (χ0v) is 17.5. The molecule has 0 bridgehead atoms. The number of hydrogen-bond donors (Lipinski definition) is 3. The highest BCUT2D eigenvalue weighted by Gasteiger charge is 2.52. The number of sulfonamides is 1. The van der Waals surface area contributed by atoms with E-state index < -0.39 is 14.8 Å². The number of aliphatic hydroxyl groups is 1. The summed E-state index contributed by atoms with van der Waals surface area (Å²) in [5.41, 5.74) is 3.53. The molecule has 1 atom stereocenters. The van der Waals surface area contributed by atoms with Crippen molar-refractivity contribution in [2.24, 2.45) is 5.14 Å². The maximum atomic E-state index is 13.3. The average Bonchev–Trinajstić information content (AvgIpc) is 2.85. The standard InChI is InChI=1S/C20H23N3O3S.CH4O/c1-23-11-8-16(9-12-23)20(27(21,25)26)18-7-6-17(24)13-15(18)5-4-14-3-2-10-22-19(14)20;1-2/h2-3,6-8,10,13,24H,4-5,9,11-12H2,1H3,(H2,21,25,26);2H,1H3. The molecule has 0 spiro atoms. The van der Waals surface area contributed by atoms with E-state index in [9.17, 15) is 13.5 Å². The maximum absolute atomic E-state index is 13.3. The van der Waals surface area contributed by atoms with Crippen LogP contribution in [0.2, 0.25) is 0 Å². The summed E-state index contributed by atoms with van der Waals surface area (Å²) in [4.78, 5) is 6.67. The highest BCUT2D eigenvalue weighted by molar-refractivity contribution is 7.90. The summed E-state index contributed by atoms with van der Waals surface area (Å²) < 4.78 is 25.0. The van der Waals surface area contributed by atoms with Crippen LogP contribution < -0.4 is 5.14 Å². The van der Waals surface area contributed by atoms with Crippen molar-refractivity contribution >= 4 is 10.0 Å². The van der Waals surface area contributed by atoms with Gasteiger partial charge in [-0.25, -0.2) is 13.6 Å². The molecule has 1 aliphatic heterocycles. The fourth-order valence-electron chi connectivity index (χ4n) is 4.37.